The van der Waals surface area contributed by atoms with Crippen LogP contribution in [0.1, 0.15) is 29.7 Å². The first-order chi connectivity index (χ1) is 16.7. The molecule has 3 N–H and O–H groups in total. The van der Waals surface area contributed by atoms with Crippen LogP contribution < -0.4 is 20.3 Å². The van der Waals surface area contributed by atoms with E-state index < -0.39 is 0 Å². The van der Waals surface area contributed by atoms with Gasteiger partial charge in [0.25, 0.3) is 0 Å². The number of benzene rings is 3. The fourth-order valence-electron chi connectivity index (χ4n) is 4.05. The maximum absolute atomic E-state index is 10.7. The van der Waals surface area contributed by atoms with Crippen molar-refractivity contribution in [1.82, 2.24) is 20.6 Å². The molecule has 1 aromatic heterocycles. The Kier molecular flexibility index (Phi) is 6.46. The SMILES string of the molecule is CCc1ccc(OC2CNNC2c2ccc(OCc3cnn(-c4ccccc4)c3)cc2O)cc1. The van der Waals surface area contributed by atoms with Gasteiger partial charge in [0.2, 0.25) is 0 Å². The molecule has 1 aliphatic heterocycles. The number of hydrogen-bond donors (Lipinski definition) is 3. The van der Waals surface area contributed by atoms with Crippen LogP contribution in [-0.2, 0) is 13.0 Å². The number of aromatic nitrogens is 2. The summed E-state index contributed by atoms with van der Waals surface area (Å²) >= 11 is 0. The molecule has 0 aliphatic carbocycles. The fraction of sp³-hybridized carbons (Fsp3) is 0.222. The van der Waals surface area contributed by atoms with Gasteiger partial charge in [-0.1, -0.05) is 37.3 Å². The zero-order valence-electron chi connectivity index (χ0n) is 19.0. The molecule has 0 saturated carbocycles. The lowest BCUT2D eigenvalue weighted by Crippen LogP contribution is -2.28. The van der Waals surface area contributed by atoms with Gasteiger partial charge in [0, 0.05) is 29.9 Å². The van der Waals surface area contributed by atoms with E-state index in [0.717, 1.165) is 29.0 Å². The Bertz CT molecular complexity index is 1220. The van der Waals surface area contributed by atoms with Crippen LogP contribution in [0.3, 0.4) is 0 Å². The monoisotopic (exact) mass is 456 g/mol. The molecule has 174 valence electrons. The summed E-state index contributed by atoms with van der Waals surface area (Å²) in [7, 11) is 0. The van der Waals surface area contributed by atoms with Crippen LogP contribution in [0.5, 0.6) is 17.2 Å². The summed E-state index contributed by atoms with van der Waals surface area (Å²) in [5.74, 6) is 1.56. The van der Waals surface area contributed by atoms with Crippen molar-refractivity contribution in [2.45, 2.75) is 32.1 Å². The lowest BCUT2D eigenvalue weighted by molar-refractivity contribution is 0.195. The fourth-order valence-corrected chi connectivity index (χ4v) is 4.05. The molecule has 1 fully saturated rings. The minimum Gasteiger partial charge on any atom is -0.507 e. The molecule has 34 heavy (non-hydrogen) atoms. The van der Waals surface area contributed by atoms with E-state index in [4.69, 9.17) is 9.47 Å². The van der Waals surface area contributed by atoms with Gasteiger partial charge in [0.05, 0.1) is 17.9 Å². The number of hydrogen-bond acceptors (Lipinski definition) is 6. The number of hydrazine groups is 1. The number of nitrogens with one attached hydrogen (secondary N) is 2. The molecule has 7 heteroatoms. The molecule has 2 atom stereocenters. The number of phenolic OH excluding ortho intramolecular Hbond substituents is 1. The Labute approximate surface area is 198 Å². The van der Waals surface area contributed by atoms with E-state index >= 15 is 0 Å². The highest BCUT2D eigenvalue weighted by Crippen LogP contribution is 2.33. The van der Waals surface area contributed by atoms with Gasteiger partial charge < -0.3 is 14.6 Å². The molecular weight excluding hydrogens is 428 g/mol. The second-order valence-corrected chi connectivity index (χ2v) is 8.29. The van der Waals surface area contributed by atoms with Crippen LogP contribution in [0.15, 0.2) is 85.2 Å². The molecule has 2 unspecified atom stereocenters. The van der Waals surface area contributed by atoms with E-state index in [1.54, 1.807) is 12.3 Å². The number of ether oxygens (including phenoxy) is 2. The molecular formula is C27H28N4O3. The van der Waals surface area contributed by atoms with Crippen molar-refractivity contribution in [3.63, 3.8) is 0 Å². The second-order valence-electron chi connectivity index (χ2n) is 8.29. The van der Waals surface area contributed by atoms with Crippen molar-refractivity contribution in [2.24, 2.45) is 0 Å². The van der Waals surface area contributed by atoms with Gasteiger partial charge in [-0.3, -0.25) is 5.43 Å². The average Bonchev–Trinajstić information content (AvgIpc) is 3.54. The van der Waals surface area contributed by atoms with Crippen molar-refractivity contribution >= 4 is 0 Å². The summed E-state index contributed by atoms with van der Waals surface area (Å²) in [6.45, 7) is 3.11. The standard InChI is InChI=1S/C27H28N4O3/c1-2-19-8-10-22(11-9-19)34-26-16-28-30-27(26)24-13-12-23(14-25(24)32)33-18-20-15-29-31(17-20)21-6-4-3-5-7-21/h3-15,17,26-28,30,32H,2,16,18H2,1H3. The Morgan fingerprint density at radius 1 is 1.00 bits per heavy atom. The maximum atomic E-state index is 10.7. The molecule has 0 amide bonds. The summed E-state index contributed by atoms with van der Waals surface area (Å²) in [5.41, 5.74) is 10.3. The number of aromatic hydroxyl groups is 1. The van der Waals surface area contributed by atoms with Crippen LogP contribution in [0.25, 0.3) is 5.69 Å². The number of nitrogens with zero attached hydrogens (tertiary/aromatic N) is 2. The topological polar surface area (TPSA) is 80.6 Å². The first-order valence-electron chi connectivity index (χ1n) is 11.5. The first-order valence-corrected chi connectivity index (χ1v) is 11.5. The maximum Gasteiger partial charge on any atom is 0.133 e. The van der Waals surface area contributed by atoms with Gasteiger partial charge in [0.1, 0.15) is 30.0 Å². The van der Waals surface area contributed by atoms with E-state index in [1.807, 2.05) is 65.5 Å². The van der Waals surface area contributed by atoms with Crippen molar-refractivity contribution in [1.29, 1.82) is 0 Å². The average molecular weight is 457 g/mol. The third-order valence-corrected chi connectivity index (χ3v) is 5.95. The number of aryl methyl sites for hydroxylation is 1. The van der Waals surface area contributed by atoms with Crippen LogP contribution in [0, 0.1) is 0 Å². The highest BCUT2D eigenvalue weighted by Gasteiger charge is 2.32. The molecule has 1 saturated heterocycles. The van der Waals surface area contributed by atoms with Gasteiger partial charge in [0.15, 0.2) is 0 Å². The summed E-state index contributed by atoms with van der Waals surface area (Å²) in [4.78, 5) is 0. The predicted octanol–water partition coefficient (Wildman–Crippen LogP) is 4.32. The van der Waals surface area contributed by atoms with Crippen LogP contribution in [-0.4, -0.2) is 27.5 Å². The van der Waals surface area contributed by atoms with Crippen molar-refractivity contribution in [2.75, 3.05) is 6.54 Å². The molecule has 0 bridgehead atoms. The van der Waals surface area contributed by atoms with Gasteiger partial charge in [-0.25, -0.2) is 10.1 Å². The molecule has 5 rings (SSSR count). The largest absolute Gasteiger partial charge is 0.507 e. The summed E-state index contributed by atoms with van der Waals surface area (Å²) in [6.07, 6.45) is 4.55. The van der Waals surface area contributed by atoms with E-state index in [1.165, 1.54) is 5.56 Å². The second kappa shape index (κ2) is 9.99. The Hall–Kier alpha value is -3.81. The van der Waals surface area contributed by atoms with E-state index in [9.17, 15) is 5.11 Å². The third kappa shape index (κ3) is 4.90. The van der Waals surface area contributed by atoms with E-state index in [0.29, 0.717) is 18.9 Å². The van der Waals surface area contributed by atoms with Crippen LogP contribution in [0.4, 0.5) is 0 Å². The minimum absolute atomic E-state index is 0.158. The highest BCUT2D eigenvalue weighted by molar-refractivity contribution is 5.43. The zero-order chi connectivity index (χ0) is 23.3. The predicted molar refractivity (Wildman–Crippen MR) is 130 cm³/mol. The lowest BCUT2D eigenvalue weighted by Gasteiger charge is -2.21. The number of rotatable bonds is 8. The molecule has 3 aromatic carbocycles. The van der Waals surface area contributed by atoms with Crippen LogP contribution in [0.2, 0.25) is 0 Å². The molecule has 0 radical (unpaired) electrons. The first kappa shape index (κ1) is 22.0. The summed E-state index contributed by atoms with van der Waals surface area (Å²) < 4.78 is 13.9. The minimum atomic E-state index is -0.191. The molecule has 0 spiro atoms. The molecule has 1 aliphatic rings. The normalized spacial score (nSPS) is 17.6. The smallest absolute Gasteiger partial charge is 0.133 e. The van der Waals surface area contributed by atoms with Crippen LogP contribution >= 0.6 is 0 Å². The van der Waals surface area contributed by atoms with E-state index in [2.05, 4.69) is 35.0 Å². The molecule has 2 heterocycles. The van der Waals surface area contributed by atoms with Crippen molar-refractivity contribution in [3.05, 3.63) is 102 Å². The highest BCUT2D eigenvalue weighted by atomic mass is 16.5. The van der Waals surface area contributed by atoms with Gasteiger partial charge in [-0.2, -0.15) is 5.10 Å². The lowest BCUT2D eigenvalue weighted by atomic mass is 10.0. The summed E-state index contributed by atoms with van der Waals surface area (Å²) in [6, 6.07) is 23.2. The van der Waals surface area contributed by atoms with Crippen molar-refractivity contribution in [3.8, 4) is 22.9 Å². The van der Waals surface area contributed by atoms with E-state index in [-0.39, 0.29) is 17.9 Å². The number of phenols is 1. The Morgan fingerprint density at radius 3 is 2.56 bits per heavy atom. The molecule has 4 aromatic rings. The third-order valence-electron chi connectivity index (χ3n) is 5.95. The Balaban J connectivity index is 1.23. The Morgan fingerprint density at radius 2 is 1.79 bits per heavy atom. The van der Waals surface area contributed by atoms with Gasteiger partial charge in [-0.15, -0.1) is 0 Å². The van der Waals surface area contributed by atoms with Gasteiger partial charge in [-0.05, 0) is 48.4 Å². The summed E-state index contributed by atoms with van der Waals surface area (Å²) in [5, 5.41) is 15.1. The van der Waals surface area contributed by atoms with Crippen molar-refractivity contribution < 1.29 is 14.6 Å². The van der Waals surface area contributed by atoms with Gasteiger partial charge >= 0.3 is 0 Å². The zero-order valence-corrected chi connectivity index (χ0v) is 19.0. The number of para-hydroxylation sites is 1. The molecule has 7 nitrogen and oxygen atoms in total. The quantitative estimate of drug-likeness (QED) is 0.367.